The molecule has 1 fully saturated rings. The van der Waals surface area contributed by atoms with Gasteiger partial charge in [0.1, 0.15) is 0 Å². The van der Waals surface area contributed by atoms with Gasteiger partial charge in [0.2, 0.25) is 5.91 Å². The summed E-state index contributed by atoms with van der Waals surface area (Å²) in [6.07, 6.45) is 3.15. The van der Waals surface area contributed by atoms with Gasteiger partial charge in [0.05, 0.1) is 29.3 Å². The molecule has 1 aliphatic rings. The van der Waals surface area contributed by atoms with Gasteiger partial charge in [0.25, 0.3) is 0 Å². The zero-order valence-electron chi connectivity index (χ0n) is 14.2. The normalized spacial score (nSPS) is 21.0. The molecular weight excluding hydrogens is 344 g/mol. The smallest absolute Gasteiger partial charge is 0.307 e. The third-order valence-electron chi connectivity index (χ3n) is 4.69. The molecule has 7 nitrogen and oxygen atoms in total. The van der Waals surface area contributed by atoms with Gasteiger partial charge in [-0.1, -0.05) is 31.5 Å². The second kappa shape index (κ2) is 6.15. The van der Waals surface area contributed by atoms with Crippen molar-refractivity contribution in [2.45, 2.75) is 27.3 Å². The molecule has 0 aromatic carbocycles. The van der Waals surface area contributed by atoms with Crippen molar-refractivity contribution in [3.63, 3.8) is 0 Å². The lowest BCUT2D eigenvalue weighted by Gasteiger charge is -2.11. The van der Waals surface area contributed by atoms with Gasteiger partial charge in [-0.15, -0.1) is 0 Å². The lowest BCUT2D eigenvalue weighted by Crippen LogP contribution is -2.27. The zero-order valence-corrected chi connectivity index (χ0v) is 14.9. The predicted molar refractivity (Wildman–Crippen MR) is 91.3 cm³/mol. The van der Waals surface area contributed by atoms with Crippen molar-refractivity contribution in [2.24, 2.45) is 17.3 Å². The molecule has 2 atom stereocenters. The summed E-state index contributed by atoms with van der Waals surface area (Å²) >= 11 is 5.92. The molecule has 0 spiro atoms. The largest absolute Gasteiger partial charge is 0.481 e. The summed E-state index contributed by atoms with van der Waals surface area (Å²) in [5.74, 6) is -1.78. The first-order valence-electron chi connectivity index (χ1n) is 7.89. The number of aryl methyl sites for hydroxylation is 1. The Labute approximate surface area is 150 Å². The minimum absolute atomic E-state index is 0.234. The minimum Gasteiger partial charge on any atom is -0.481 e. The van der Waals surface area contributed by atoms with Gasteiger partial charge in [-0.25, -0.2) is 9.67 Å². The fraction of sp³-hybridized carbons (Fsp3) is 0.412. The highest BCUT2D eigenvalue weighted by molar-refractivity contribution is 6.30. The molecule has 1 aliphatic carbocycles. The highest BCUT2D eigenvalue weighted by atomic mass is 35.5. The Balaban J connectivity index is 1.76. The Morgan fingerprint density at radius 3 is 2.64 bits per heavy atom. The molecule has 132 valence electrons. The molecule has 1 amide bonds. The first-order chi connectivity index (χ1) is 11.7. The second-order valence-corrected chi connectivity index (χ2v) is 7.31. The topological polar surface area (TPSA) is 97.1 Å². The van der Waals surface area contributed by atoms with Crippen molar-refractivity contribution in [1.82, 2.24) is 20.1 Å². The molecule has 0 unspecified atom stereocenters. The first-order valence-corrected chi connectivity index (χ1v) is 8.27. The number of hydrogen-bond donors (Lipinski definition) is 2. The van der Waals surface area contributed by atoms with Crippen LogP contribution in [0, 0.1) is 24.2 Å². The fourth-order valence-corrected chi connectivity index (χ4v) is 3.34. The Bertz CT molecular complexity index is 846. The Morgan fingerprint density at radius 2 is 2.08 bits per heavy atom. The number of carbonyl (C=O) groups is 2. The summed E-state index contributed by atoms with van der Waals surface area (Å²) in [7, 11) is 0. The van der Waals surface area contributed by atoms with Crippen LogP contribution >= 0.6 is 11.6 Å². The molecule has 2 aromatic rings. The predicted octanol–water partition coefficient (Wildman–Crippen LogP) is 2.20. The van der Waals surface area contributed by atoms with Gasteiger partial charge in [-0.3, -0.25) is 9.59 Å². The third-order valence-corrected chi connectivity index (χ3v) is 4.89. The summed E-state index contributed by atoms with van der Waals surface area (Å²) in [4.78, 5) is 28.1. The SMILES string of the molecule is Cc1ccc(CNC(=O)[C@@H]2[C@H](C(=O)O)C2(C)C)c(-n2cc(Cl)cn2)n1. The standard InChI is InChI=1S/C17H19ClN4O3/c1-9-4-5-10(14(21-9)22-8-11(18)7-20-22)6-19-15(23)12-13(16(24)25)17(12,2)3/h4-5,7-8,12-13H,6H2,1-3H3,(H,19,23)(H,24,25)/t12-,13+/m0/s1. The van der Waals surface area contributed by atoms with E-state index in [2.05, 4.69) is 15.4 Å². The van der Waals surface area contributed by atoms with Crippen LogP contribution in [0.1, 0.15) is 25.1 Å². The van der Waals surface area contributed by atoms with E-state index >= 15 is 0 Å². The van der Waals surface area contributed by atoms with Crippen LogP contribution < -0.4 is 5.32 Å². The van der Waals surface area contributed by atoms with Crippen molar-refractivity contribution >= 4 is 23.5 Å². The number of carboxylic acids is 1. The number of hydrogen-bond acceptors (Lipinski definition) is 4. The number of pyridine rings is 1. The average molecular weight is 363 g/mol. The number of rotatable bonds is 5. The highest BCUT2D eigenvalue weighted by Gasteiger charge is 2.65. The van der Waals surface area contributed by atoms with Crippen LogP contribution in [0.3, 0.4) is 0 Å². The highest BCUT2D eigenvalue weighted by Crippen LogP contribution is 2.58. The Morgan fingerprint density at radius 1 is 1.36 bits per heavy atom. The van der Waals surface area contributed by atoms with Crippen LogP contribution in [0.5, 0.6) is 0 Å². The van der Waals surface area contributed by atoms with Crippen LogP contribution in [0.25, 0.3) is 5.82 Å². The van der Waals surface area contributed by atoms with Crippen molar-refractivity contribution in [1.29, 1.82) is 0 Å². The summed E-state index contributed by atoms with van der Waals surface area (Å²) < 4.78 is 1.55. The fourth-order valence-electron chi connectivity index (χ4n) is 3.21. The lowest BCUT2D eigenvalue weighted by molar-refractivity contribution is -0.140. The van der Waals surface area contributed by atoms with Gasteiger partial charge in [0.15, 0.2) is 5.82 Å². The van der Waals surface area contributed by atoms with E-state index in [-0.39, 0.29) is 12.5 Å². The number of aromatic nitrogens is 3. The number of nitrogens with zero attached hydrogens (tertiary/aromatic N) is 3. The molecule has 8 heteroatoms. The van der Waals surface area contributed by atoms with Crippen LogP contribution in [0.15, 0.2) is 24.5 Å². The zero-order chi connectivity index (χ0) is 18.4. The average Bonchev–Trinajstić information content (AvgIpc) is 2.87. The first kappa shape index (κ1) is 17.4. The Kier molecular flexibility index (Phi) is 4.28. The maximum atomic E-state index is 12.4. The molecular formula is C17H19ClN4O3. The number of aliphatic carboxylic acids is 1. The maximum absolute atomic E-state index is 12.4. The molecule has 25 heavy (non-hydrogen) atoms. The summed E-state index contributed by atoms with van der Waals surface area (Å²) in [5.41, 5.74) is 1.05. The third kappa shape index (κ3) is 3.24. The molecule has 2 heterocycles. The summed E-state index contributed by atoms with van der Waals surface area (Å²) in [6, 6.07) is 3.71. The molecule has 2 N–H and O–H groups in total. The summed E-state index contributed by atoms with van der Waals surface area (Å²) in [6.45, 7) is 5.68. The van der Waals surface area contributed by atoms with Crippen LogP contribution in [-0.4, -0.2) is 31.7 Å². The minimum atomic E-state index is -0.936. The van der Waals surface area contributed by atoms with Crippen molar-refractivity contribution in [2.75, 3.05) is 0 Å². The van der Waals surface area contributed by atoms with Gasteiger partial charge < -0.3 is 10.4 Å². The molecule has 0 saturated heterocycles. The van der Waals surface area contributed by atoms with Gasteiger partial charge in [0, 0.05) is 17.8 Å². The van der Waals surface area contributed by atoms with E-state index in [1.165, 1.54) is 6.20 Å². The second-order valence-electron chi connectivity index (χ2n) is 6.87. The number of halogens is 1. The molecule has 0 radical (unpaired) electrons. The number of carbonyl (C=O) groups excluding carboxylic acids is 1. The quantitative estimate of drug-likeness (QED) is 0.849. The van der Waals surface area contributed by atoms with Gasteiger partial charge in [-0.05, 0) is 18.4 Å². The van der Waals surface area contributed by atoms with Gasteiger partial charge in [-0.2, -0.15) is 5.10 Å². The molecule has 0 bridgehead atoms. The maximum Gasteiger partial charge on any atom is 0.307 e. The molecule has 3 rings (SSSR count). The van der Waals surface area contributed by atoms with Crippen LogP contribution in [0.2, 0.25) is 5.02 Å². The molecule has 2 aromatic heterocycles. The van der Waals surface area contributed by atoms with E-state index in [1.807, 2.05) is 19.1 Å². The summed E-state index contributed by atoms with van der Waals surface area (Å²) in [5, 5.41) is 16.7. The Hall–Kier alpha value is -2.41. The van der Waals surface area contributed by atoms with Crippen molar-refractivity contribution in [3.8, 4) is 5.82 Å². The van der Waals surface area contributed by atoms with Crippen molar-refractivity contribution in [3.05, 3.63) is 40.8 Å². The number of amides is 1. The molecule has 1 saturated carbocycles. The number of carboxylic acid groups (broad SMARTS) is 1. The van der Waals surface area contributed by atoms with E-state index in [4.69, 9.17) is 11.6 Å². The monoisotopic (exact) mass is 362 g/mol. The van der Waals surface area contributed by atoms with Crippen LogP contribution in [-0.2, 0) is 16.1 Å². The van der Waals surface area contributed by atoms with E-state index in [0.29, 0.717) is 10.8 Å². The van der Waals surface area contributed by atoms with E-state index in [9.17, 15) is 14.7 Å². The molecule has 0 aliphatic heterocycles. The van der Waals surface area contributed by atoms with E-state index in [0.717, 1.165) is 11.3 Å². The van der Waals surface area contributed by atoms with Crippen LogP contribution in [0.4, 0.5) is 0 Å². The van der Waals surface area contributed by atoms with E-state index in [1.54, 1.807) is 24.7 Å². The van der Waals surface area contributed by atoms with E-state index < -0.39 is 23.2 Å². The van der Waals surface area contributed by atoms with Gasteiger partial charge >= 0.3 is 5.97 Å². The number of nitrogens with one attached hydrogen (secondary N) is 1. The van der Waals surface area contributed by atoms with Crippen molar-refractivity contribution < 1.29 is 14.7 Å². The lowest BCUT2D eigenvalue weighted by atomic mass is 10.1.